The molecule has 1 fully saturated rings. The van der Waals surface area contributed by atoms with Crippen LogP contribution in [-0.4, -0.2) is 39.1 Å². The maximum atomic E-state index is 12.9. The normalized spacial score (nSPS) is 17.0. The minimum atomic E-state index is -0.135. The largest absolute Gasteiger partial charge is 0.342 e. The van der Waals surface area contributed by atoms with Crippen molar-refractivity contribution in [1.82, 2.24) is 14.9 Å². The first-order valence-electron chi connectivity index (χ1n) is 9.06. The lowest BCUT2D eigenvalue weighted by molar-refractivity contribution is -0.131. The van der Waals surface area contributed by atoms with E-state index < -0.39 is 0 Å². The van der Waals surface area contributed by atoms with Crippen LogP contribution in [-0.2, 0) is 4.79 Å². The molecule has 3 rings (SSSR count). The molecule has 1 atom stereocenters. The average molecular weight is 378 g/mol. The smallest absolute Gasteiger partial charge is 0.235 e. The van der Waals surface area contributed by atoms with E-state index in [2.05, 4.69) is 23.8 Å². The van der Waals surface area contributed by atoms with Gasteiger partial charge in [-0.2, -0.15) is 0 Å². The highest BCUT2D eigenvalue weighted by Gasteiger charge is 2.27. The minimum Gasteiger partial charge on any atom is -0.342 e. The molecule has 4 nitrogen and oxygen atoms in total. The highest BCUT2D eigenvalue weighted by atomic mass is 32.2. The summed E-state index contributed by atoms with van der Waals surface area (Å²) in [5, 5.41) is 1.93. The molecule has 1 aliphatic carbocycles. The van der Waals surface area contributed by atoms with Gasteiger partial charge in [0.05, 0.1) is 5.25 Å². The number of rotatable bonds is 4. The quantitative estimate of drug-likeness (QED) is 0.562. The summed E-state index contributed by atoms with van der Waals surface area (Å²) >= 11 is 3.29. The van der Waals surface area contributed by atoms with Crippen LogP contribution in [0.1, 0.15) is 55.3 Å². The van der Waals surface area contributed by atoms with E-state index >= 15 is 0 Å². The van der Waals surface area contributed by atoms with Gasteiger partial charge in [0, 0.05) is 23.4 Å². The van der Waals surface area contributed by atoms with Gasteiger partial charge >= 0.3 is 0 Å². The zero-order chi connectivity index (χ0) is 18.1. The SMILES string of the molecule is Cc1nc(SC(C)C(=O)N(C)C2CCCCC2)c2c(C)c(C)sc2n1. The van der Waals surface area contributed by atoms with E-state index in [1.54, 1.807) is 23.1 Å². The molecule has 1 saturated carbocycles. The molecule has 0 aromatic carbocycles. The number of thioether (sulfide) groups is 1. The predicted octanol–water partition coefficient (Wildman–Crippen LogP) is 4.89. The van der Waals surface area contributed by atoms with Gasteiger partial charge in [-0.3, -0.25) is 4.79 Å². The Balaban J connectivity index is 1.81. The monoisotopic (exact) mass is 377 g/mol. The number of carbonyl (C=O) groups excluding carboxylic acids is 1. The lowest BCUT2D eigenvalue weighted by Crippen LogP contribution is -2.42. The van der Waals surface area contributed by atoms with Crippen molar-refractivity contribution in [1.29, 1.82) is 0 Å². The number of aromatic nitrogens is 2. The highest BCUT2D eigenvalue weighted by Crippen LogP contribution is 2.37. The summed E-state index contributed by atoms with van der Waals surface area (Å²) in [7, 11) is 1.97. The van der Waals surface area contributed by atoms with Gasteiger partial charge in [0.15, 0.2) is 0 Å². The van der Waals surface area contributed by atoms with Crippen LogP contribution in [0.15, 0.2) is 5.03 Å². The topological polar surface area (TPSA) is 46.1 Å². The Hall–Kier alpha value is -1.14. The second-order valence-corrected chi connectivity index (χ2v) is 9.57. The number of nitrogens with zero attached hydrogens (tertiary/aromatic N) is 3. The molecule has 136 valence electrons. The summed E-state index contributed by atoms with van der Waals surface area (Å²) in [6.45, 7) is 8.17. The van der Waals surface area contributed by atoms with Gasteiger partial charge in [0.2, 0.25) is 5.91 Å². The summed E-state index contributed by atoms with van der Waals surface area (Å²) in [5.41, 5.74) is 1.24. The fraction of sp³-hybridized carbons (Fsp3) is 0.632. The fourth-order valence-corrected chi connectivity index (χ4v) is 5.85. The van der Waals surface area contributed by atoms with Crippen molar-refractivity contribution in [2.45, 2.75) is 76.1 Å². The van der Waals surface area contributed by atoms with E-state index in [9.17, 15) is 4.79 Å². The molecule has 1 aliphatic rings. The number of aryl methyl sites for hydroxylation is 3. The standard InChI is InChI=1S/C19H27N3OS2/c1-11-12(2)24-17-16(11)18(21-14(4)20-17)25-13(3)19(23)22(5)15-9-7-6-8-10-15/h13,15H,6-10H2,1-5H3. The summed E-state index contributed by atoms with van der Waals surface area (Å²) in [6, 6.07) is 0.404. The molecule has 2 heterocycles. The Labute approximate surface area is 158 Å². The van der Waals surface area contributed by atoms with E-state index in [1.807, 2.05) is 25.8 Å². The van der Waals surface area contributed by atoms with Crippen molar-refractivity contribution in [2.75, 3.05) is 7.05 Å². The van der Waals surface area contributed by atoms with Crippen molar-refractivity contribution in [2.24, 2.45) is 0 Å². The van der Waals surface area contributed by atoms with E-state index in [4.69, 9.17) is 0 Å². The summed E-state index contributed by atoms with van der Waals surface area (Å²) in [5.74, 6) is 0.988. The lowest BCUT2D eigenvalue weighted by atomic mass is 9.94. The molecule has 0 N–H and O–H groups in total. The van der Waals surface area contributed by atoms with Gasteiger partial charge in [0.1, 0.15) is 15.7 Å². The molecule has 2 aromatic rings. The first-order chi connectivity index (χ1) is 11.9. The molecule has 0 spiro atoms. The third kappa shape index (κ3) is 3.85. The van der Waals surface area contributed by atoms with Crippen molar-refractivity contribution < 1.29 is 4.79 Å². The van der Waals surface area contributed by atoms with Crippen molar-refractivity contribution >= 4 is 39.2 Å². The summed E-state index contributed by atoms with van der Waals surface area (Å²) in [6.07, 6.45) is 6.06. The van der Waals surface area contributed by atoms with E-state index in [0.29, 0.717) is 6.04 Å². The number of fused-ring (bicyclic) bond motifs is 1. The van der Waals surface area contributed by atoms with Crippen LogP contribution in [0.3, 0.4) is 0 Å². The van der Waals surface area contributed by atoms with Crippen LogP contribution in [0.4, 0.5) is 0 Å². The van der Waals surface area contributed by atoms with Gasteiger partial charge in [-0.15, -0.1) is 11.3 Å². The zero-order valence-corrected chi connectivity index (χ0v) is 17.4. The van der Waals surface area contributed by atoms with Gasteiger partial charge in [-0.1, -0.05) is 31.0 Å². The molecule has 1 amide bonds. The van der Waals surface area contributed by atoms with Crippen LogP contribution in [0.5, 0.6) is 0 Å². The molecule has 0 aliphatic heterocycles. The molecular formula is C19H27N3OS2. The molecular weight excluding hydrogens is 350 g/mol. The maximum Gasteiger partial charge on any atom is 0.235 e. The number of amides is 1. The third-order valence-electron chi connectivity index (χ3n) is 5.21. The zero-order valence-electron chi connectivity index (χ0n) is 15.8. The Kier molecular flexibility index (Phi) is 5.68. The van der Waals surface area contributed by atoms with E-state index in [-0.39, 0.29) is 11.2 Å². The van der Waals surface area contributed by atoms with Crippen LogP contribution < -0.4 is 0 Å². The highest BCUT2D eigenvalue weighted by molar-refractivity contribution is 8.00. The Bertz CT molecular complexity index is 781. The number of hydrogen-bond acceptors (Lipinski definition) is 5. The van der Waals surface area contributed by atoms with Gasteiger partial charge in [-0.05, 0) is 46.1 Å². The minimum absolute atomic E-state index is 0.135. The van der Waals surface area contributed by atoms with Crippen LogP contribution in [0.2, 0.25) is 0 Å². The van der Waals surface area contributed by atoms with Crippen molar-refractivity contribution in [3.8, 4) is 0 Å². The molecule has 25 heavy (non-hydrogen) atoms. The van der Waals surface area contributed by atoms with Gasteiger partial charge in [-0.25, -0.2) is 9.97 Å². The van der Waals surface area contributed by atoms with E-state index in [1.165, 1.54) is 29.7 Å². The first-order valence-corrected chi connectivity index (χ1v) is 10.8. The van der Waals surface area contributed by atoms with Crippen molar-refractivity contribution in [3.63, 3.8) is 0 Å². The first kappa shape index (κ1) is 18.6. The summed E-state index contributed by atoms with van der Waals surface area (Å²) in [4.78, 5) is 26.4. The molecule has 1 unspecified atom stereocenters. The predicted molar refractivity (Wildman–Crippen MR) is 107 cm³/mol. The molecule has 0 saturated heterocycles. The van der Waals surface area contributed by atoms with Crippen LogP contribution >= 0.6 is 23.1 Å². The van der Waals surface area contributed by atoms with Crippen LogP contribution in [0.25, 0.3) is 10.2 Å². The molecule has 6 heteroatoms. The molecule has 2 aromatic heterocycles. The Morgan fingerprint density at radius 2 is 1.88 bits per heavy atom. The van der Waals surface area contributed by atoms with Crippen molar-refractivity contribution in [3.05, 3.63) is 16.3 Å². The number of hydrogen-bond donors (Lipinski definition) is 0. The number of carbonyl (C=O) groups is 1. The molecule has 0 radical (unpaired) electrons. The third-order valence-corrected chi connectivity index (χ3v) is 7.39. The second-order valence-electron chi connectivity index (χ2n) is 7.04. The Morgan fingerprint density at radius 3 is 2.56 bits per heavy atom. The van der Waals surface area contributed by atoms with Gasteiger partial charge in [0.25, 0.3) is 0 Å². The average Bonchev–Trinajstić information content (AvgIpc) is 2.88. The molecule has 0 bridgehead atoms. The summed E-state index contributed by atoms with van der Waals surface area (Å²) < 4.78 is 0. The Morgan fingerprint density at radius 1 is 1.20 bits per heavy atom. The van der Waals surface area contributed by atoms with Gasteiger partial charge < -0.3 is 4.90 Å². The fourth-order valence-electron chi connectivity index (χ4n) is 3.55. The second kappa shape index (κ2) is 7.62. The maximum absolute atomic E-state index is 12.9. The van der Waals surface area contributed by atoms with E-state index in [0.717, 1.165) is 33.9 Å². The lowest BCUT2D eigenvalue weighted by Gasteiger charge is -2.32. The van der Waals surface area contributed by atoms with Crippen LogP contribution in [0, 0.1) is 20.8 Å². The number of thiophene rings is 1.